The maximum absolute atomic E-state index is 3.68. The van der Waals surface area contributed by atoms with E-state index in [2.05, 4.69) is 49.7 Å². The minimum atomic E-state index is 0.526. The van der Waals surface area contributed by atoms with E-state index in [9.17, 15) is 0 Å². The predicted octanol–water partition coefficient (Wildman–Crippen LogP) is 4.64. The molecule has 0 heterocycles. The van der Waals surface area contributed by atoms with Crippen LogP contribution in [0.25, 0.3) is 0 Å². The minimum Gasteiger partial charge on any atom is -0.310 e. The largest absolute Gasteiger partial charge is 0.310 e. The zero-order valence-electron chi connectivity index (χ0n) is 11.3. The second-order valence-electron chi connectivity index (χ2n) is 4.39. The minimum absolute atomic E-state index is 0.526. The average Bonchev–Trinajstić information content (AvgIpc) is 2.39. The van der Waals surface area contributed by atoms with Crippen LogP contribution in [-0.4, -0.2) is 12.8 Å². The maximum Gasteiger partial charge on any atom is 0.0331 e. The van der Waals surface area contributed by atoms with Gasteiger partial charge in [-0.15, -0.1) is 11.8 Å². The smallest absolute Gasteiger partial charge is 0.0331 e. The molecule has 1 aromatic rings. The van der Waals surface area contributed by atoms with Crippen LogP contribution >= 0.6 is 11.8 Å². The van der Waals surface area contributed by atoms with E-state index in [0.717, 1.165) is 6.54 Å². The van der Waals surface area contributed by atoms with Crippen LogP contribution in [0.2, 0.25) is 0 Å². The van der Waals surface area contributed by atoms with E-state index in [1.807, 2.05) is 11.8 Å². The molecule has 0 aromatic heterocycles. The van der Waals surface area contributed by atoms with Gasteiger partial charge in [-0.2, -0.15) is 0 Å². The molecule has 0 aliphatic carbocycles. The van der Waals surface area contributed by atoms with Gasteiger partial charge in [0.2, 0.25) is 0 Å². The van der Waals surface area contributed by atoms with E-state index in [1.54, 1.807) is 0 Å². The Morgan fingerprint density at radius 2 is 1.94 bits per heavy atom. The number of rotatable bonds is 8. The van der Waals surface area contributed by atoms with Crippen molar-refractivity contribution in [3.05, 3.63) is 29.8 Å². The molecule has 0 saturated carbocycles. The molecule has 96 valence electrons. The molecule has 0 bridgehead atoms. The average molecular weight is 251 g/mol. The zero-order chi connectivity index (χ0) is 12.5. The molecule has 1 rings (SSSR count). The van der Waals surface area contributed by atoms with Crippen molar-refractivity contribution in [2.75, 3.05) is 12.8 Å². The lowest BCUT2D eigenvalue weighted by Crippen LogP contribution is -2.22. The summed E-state index contributed by atoms with van der Waals surface area (Å²) in [6.07, 6.45) is 7.17. The molecule has 1 aromatic carbocycles. The normalized spacial score (nSPS) is 12.6. The fourth-order valence-electron chi connectivity index (χ4n) is 2.05. The van der Waals surface area contributed by atoms with Crippen LogP contribution in [0.1, 0.15) is 51.1 Å². The van der Waals surface area contributed by atoms with Gasteiger partial charge >= 0.3 is 0 Å². The Bertz CT molecular complexity index is 304. The van der Waals surface area contributed by atoms with Crippen LogP contribution in [0.5, 0.6) is 0 Å². The van der Waals surface area contributed by atoms with E-state index in [4.69, 9.17) is 0 Å². The monoisotopic (exact) mass is 251 g/mol. The van der Waals surface area contributed by atoms with Crippen LogP contribution in [0.4, 0.5) is 0 Å². The van der Waals surface area contributed by atoms with Gasteiger partial charge in [0.05, 0.1) is 0 Å². The summed E-state index contributed by atoms with van der Waals surface area (Å²) in [4.78, 5) is 1.41. The first-order chi connectivity index (χ1) is 8.33. The Labute approximate surface area is 110 Å². The van der Waals surface area contributed by atoms with Crippen LogP contribution in [0.3, 0.4) is 0 Å². The van der Waals surface area contributed by atoms with Crippen molar-refractivity contribution in [1.29, 1.82) is 0 Å². The number of thioether (sulfide) groups is 1. The topological polar surface area (TPSA) is 12.0 Å². The molecule has 0 fully saturated rings. The molecule has 1 unspecified atom stereocenters. The summed E-state index contributed by atoms with van der Waals surface area (Å²) in [5, 5.41) is 3.68. The van der Waals surface area contributed by atoms with E-state index < -0.39 is 0 Å². The van der Waals surface area contributed by atoms with Crippen LogP contribution in [0, 0.1) is 0 Å². The summed E-state index contributed by atoms with van der Waals surface area (Å²) < 4.78 is 0. The van der Waals surface area contributed by atoms with E-state index >= 15 is 0 Å². The number of hydrogen-bond donors (Lipinski definition) is 1. The summed E-state index contributed by atoms with van der Waals surface area (Å²) in [5.74, 6) is 0. The van der Waals surface area contributed by atoms with Crippen molar-refractivity contribution in [1.82, 2.24) is 5.32 Å². The molecule has 0 radical (unpaired) electrons. The molecule has 1 atom stereocenters. The van der Waals surface area contributed by atoms with Gasteiger partial charge in [0.25, 0.3) is 0 Å². The Hall–Kier alpha value is -0.470. The lowest BCUT2D eigenvalue weighted by Gasteiger charge is -2.21. The Morgan fingerprint density at radius 3 is 2.59 bits per heavy atom. The second kappa shape index (κ2) is 8.60. The lowest BCUT2D eigenvalue weighted by atomic mass is 10.0. The molecular formula is C15H25NS. The Kier molecular flexibility index (Phi) is 7.38. The van der Waals surface area contributed by atoms with Gasteiger partial charge in [-0.3, -0.25) is 0 Å². The molecule has 0 spiro atoms. The van der Waals surface area contributed by atoms with Gasteiger partial charge in [0.15, 0.2) is 0 Å². The number of hydrogen-bond acceptors (Lipinski definition) is 2. The fourth-order valence-corrected chi connectivity index (χ4v) is 2.71. The van der Waals surface area contributed by atoms with Crippen molar-refractivity contribution in [3.63, 3.8) is 0 Å². The van der Waals surface area contributed by atoms with Gasteiger partial charge in [0.1, 0.15) is 0 Å². The third-order valence-corrected chi connectivity index (χ3v) is 3.81. The summed E-state index contributed by atoms with van der Waals surface area (Å²) in [5.41, 5.74) is 1.47. The van der Waals surface area contributed by atoms with Crippen LogP contribution < -0.4 is 5.32 Å². The molecule has 0 saturated heterocycles. The maximum atomic E-state index is 3.68. The SMILES string of the molecule is CCCCC(NCCC)c1ccccc1SC. The summed E-state index contributed by atoms with van der Waals surface area (Å²) >= 11 is 1.85. The summed E-state index contributed by atoms with van der Waals surface area (Å²) in [6.45, 7) is 5.60. The first kappa shape index (κ1) is 14.6. The molecule has 0 aliphatic rings. The van der Waals surface area contributed by atoms with Crippen LogP contribution in [0.15, 0.2) is 29.2 Å². The molecule has 1 nitrogen and oxygen atoms in total. The highest BCUT2D eigenvalue weighted by atomic mass is 32.2. The molecule has 0 amide bonds. The highest BCUT2D eigenvalue weighted by Crippen LogP contribution is 2.28. The number of benzene rings is 1. The molecular weight excluding hydrogens is 226 g/mol. The number of nitrogens with one attached hydrogen (secondary N) is 1. The lowest BCUT2D eigenvalue weighted by molar-refractivity contribution is 0.476. The quantitative estimate of drug-likeness (QED) is 0.676. The van der Waals surface area contributed by atoms with E-state index in [-0.39, 0.29) is 0 Å². The first-order valence-electron chi connectivity index (χ1n) is 6.69. The second-order valence-corrected chi connectivity index (χ2v) is 5.24. The van der Waals surface area contributed by atoms with Crippen molar-refractivity contribution in [3.8, 4) is 0 Å². The standard InChI is InChI=1S/C15H25NS/c1-4-6-10-14(16-12-5-2)13-9-7-8-11-15(13)17-3/h7-9,11,14,16H,4-6,10,12H2,1-3H3. The van der Waals surface area contributed by atoms with Gasteiger partial charge in [0, 0.05) is 10.9 Å². The Morgan fingerprint density at radius 1 is 1.18 bits per heavy atom. The molecule has 17 heavy (non-hydrogen) atoms. The van der Waals surface area contributed by atoms with Crippen LogP contribution in [-0.2, 0) is 0 Å². The molecule has 1 N–H and O–H groups in total. The first-order valence-corrected chi connectivity index (χ1v) is 7.92. The third kappa shape index (κ3) is 4.72. The Balaban J connectivity index is 2.78. The van der Waals surface area contributed by atoms with Gasteiger partial charge < -0.3 is 5.32 Å². The summed E-state index contributed by atoms with van der Waals surface area (Å²) in [6, 6.07) is 9.31. The highest BCUT2D eigenvalue weighted by molar-refractivity contribution is 7.98. The van der Waals surface area contributed by atoms with E-state index in [1.165, 1.54) is 36.1 Å². The van der Waals surface area contributed by atoms with Gasteiger partial charge in [-0.1, -0.05) is 44.9 Å². The fraction of sp³-hybridized carbons (Fsp3) is 0.600. The molecule has 2 heteroatoms. The van der Waals surface area contributed by atoms with E-state index in [0.29, 0.717) is 6.04 Å². The van der Waals surface area contributed by atoms with Gasteiger partial charge in [-0.05, 0) is 37.3 Å². The van der Waals surface area contributed by atoms with Crippen molar-refractivity contribution in [2.24, 2.45) is 0 Å². The predicted molar refractivity (Wildman–Crippen MR) is 78.8 cm³/mol. The zero-order valence-corrected chi connectivity index (χ0v) is 12.1. The van der Waals surface area contributed by atoms with Crippen molar-refractivity contribution < 1.29 is 0 Å². The van der Waals surface area contributed by atoms with Gasteiger partial charge in [-0.25, -0.2) is 0 Å². The van der Waals surface area contributed by atoms with Crippen molar-refractivity contribution >= 4 is 11.8 Å². The van der Waals surface area contributed by atoms with Crippen molar-refractivity contribution in [2.45, 2.75) is 50.5 Å². The highest BCUT2D eigenvalue weighted by Gasteiger charge is 2.13. The molecule has 0 aliphatic heterocycles. The number of unbranched alkanes of at least 4 members (excludes halogenated alkanes) is 1. The summed E-state index contributed by atoms with van der Waals surface area (Å²) in [7, 11) is 0. The third-order valence-electron chi connectivity index (χ3n) is 3.00.